The lowest BCUT2D eigenvalue weighted by molar-refractivity contribution is 0.493. The van der Waals surface area contributed by atoms with Crippen molar-refractivity contribution in [1.29, 1.82) is 0 Å². The molecule has 2 heterocycles. The van der Waals surface area contributed by atoms with Gasteiger partial charge in [-0.15, -0.1) is 11.3 Å². The predicted molar refractivity (Wildman–Crippen MR) is 122 cm³/mol. The van der Waals surface area contributed by atoms with Gasteiger partial charge in [0.15, 0.2) is 0 Å². The quantitative estimate of drug-likeness (QED) is 0.377. The Hall–Kier alpha value is -2.14. The Kier molecular flexibility index (Phi) is 5.17. The Bertz CT molecular complexity index is 1060. The van der Waals surface area contributed by atoms with Gasteiger partial charge in [-0.25, -0.2) is 9.29 Å². The van der Waals surface area contributed by atoms with Crippen LogP contribution in [-0.2, 0) is 18.6 Å². The molecular formula is C24H22N2S2. The first-order chi connectivity index (χ1) is 13.8. The highest BCUT2D eigenvalue weighted by atomic mass is 32.2. The van der Waals surface area contributed by atoms with Crippen molar-refractivity contribution in [3.05, 3.63) is 89.5 Å². The molecule has 140 valence electrons. The molecule has 0 atom stereocenters. The largest absolute Gasteiger partial charge is 0.250 e. The summed E-state index contributed by atoms with van der Waals surface area (Å²) in [6.45, 7) is 2.26. The van der Waals surface area contributed by atoms with Gasteiger partial charge in [0.25, 0.3) is 0 Å². The third-order valence-corrected chi connectivity index (χ3v) is 7.53. The second-order valence-electron chi connectivity index (χ2n) is 7.16. The minimum atomic E-state index is 1.02. The van der Waals surface area contributed by atoms with Crippen LogP contribution in [0, 0.1) is 0 Å². The van der Waals surface area contributed by atoms with E-state index in [4.69, 9.17) is 4.98 Å². The van der Waals surface area contributed by atoms with Gasteiger partial charge in [0.05, 0.1) is 10.2 Å². The zero-order chi connectivity index (χ0) is 18.8. The van der Waals surface area contributed by atoms with Crippen LogP contribution in [0.3, 0.4) is 0 Å². The van der Waals surface area contributed by atoms with Crippen LogP contribution < -0.4 is 0 Å². The van der Waals surface area contributed by atoms with Gasteiger partial charge in [-0.3, -0.25) is 0 Å². The van der Waals surface area contributed by atoms with Crippen LogP contribution in [0.2, 0.25) is 0 Å². The average molecular weight is 403 g/mol. The number of benzene rings is 3. The molecule has 5 rings (SSSR count). The Balaban J connectivity index is 1.27. The normalized spacial score (nSPS) is 14.7. The molecular weight excluding hydrogens is 380 g/mol. The predicted octanol–water partition coefficient (Wildman–Crippen LogP) is 6.21. The summed E-state index contributed by atoms with van der Waals surface area (Å²) in [6.07, 6.45) is 2.30. The Morgan fingerprint density at radius 2 is 1.57 bits per heavy atom. The lowest BCUT2D eigenvalue weighted by Gasteiger charge is -2.18. The topological polar surface area (TPSA) is 16.1 Å². The summed E-state index contributed by atoms with van der Waals surface area (Å²) in [5, 5.41) is 1.10. The van der Waals surface area contributed by atoms with Gasteiger partial charge in [0, 0.05) is 24.4 Å². The number of thiazole rings is 1. The number of hydrogen-bond acceptors (Lipinski definition) is 4. The molecule has 0 saturated heterocycles. The SMILES string of the molecule is c1ccc(-c2nc3ccc(CSN4CCc5ccccc5CC4)cc3s2)cc1. The van der Waals surface area contributed by atoms with Crippen molar-refractivity contribution in [2.45, 2.75) is 18.6 Å². The monoisotopic (exact) mass is 402 g/mol. The van der Waals surface area contributed by atoms with E-state index in [2.05, 4.69) is 71.0 Å². The summed E-state index contributed by atoms with van der Waals surface area (Å²) >= 11 is 3.75. The third kappa shape index (κ3) is 3.86. The van der Waals surface area contributed by atoms with E-state index in [0.29, 0.717) is 0 Å². The van der Waals surface area contributed by atoms with Crippen LogP contribution in [0.15, 0.2) is 72.8 Å². The van der Waals surface area contributed by atoms with E-state index in [-0.39, 0.29) is 0 Å². The van der Waals surface area contributed by atoms with Crippen molar-refractivity contribution >= 4 is 33.5 Å². The first-order valence-corrected chi connectivity index (χ1v) is 11.5. The van der Waals surface area contributed by atoms with Crippen molar-refractivity contribution in [2.75, 3.05) is 13.1 Å². The summed E-state index contributed by atoms with van der Waals surface area (Å²) < 4.78 is 3.81. The van der Waals surface area contributed by atoms with E-state index < -0.39 is 0 Å². The van der Waals surface area contributed by atoms with Gasteiger partial charge in [0.1, 0.15) is 5.01 Å². The molecule has 0 bridgehead atoms. The number of fused-ring (bicyclic) bond motifs is 2. The van der Waals surface area contributed by atoms with Crippen LogP contribution >= 0.6 is 23.3 Å². The molecule has 3 aromatic carbocycles. The summed E-state index contributed by atoms with van der Waals surface area (Å²) in [6, 6.07) is 26.1. The minimum absolute atomic E-state index is 1.02. The van der Waals surface area contributed by atoms with Gasteiger partial charge in [-0.05, 0) is 41.7 Å². The number of nitrogens with zero attached hydrogens (tertiary/aromatic N) is 2. The van der Waals surface area contributed by atoms with Crippen molar-refractivity contribution in [1.82, 2.24) is 9.29 Å². The molecule has 0 saturated carbocycles. The van der Waals surface area contributed by atoms with Gasteiger partial charge in [0.2, 0.25) is 0 Å². The number of aromatic nitrogens is 1. The highest BCUT2D eigenvalue weighted by Gasteiger charge is 2.14. The fourth-order valence-electron chi connectivity index (χ4n) is 3.71. The maximum Gasteiger partial charge on any atom is 0.124 e. The van der Waals surface area contributed by atoms with E-state index >= 15 is 0 Å². The van der Waals surface area contributed by atoms with E-state index in [1.54, 1.807) is 11.3 Å². The molecule has 0 unspecified atom stereocenters. The van der Waals surface area contributed by atoms with Gasteiger partial charge in [-0.1, -0.05) is 72.6 Å². The Morgan fingerprint density at radius 3 is 2.32 bits per heavy atom. The molecule has 1 aromatic heterocycles. The first-order valence-electron chi connectivity index (χ1n) is 9.75. The molecule has 1 aliphatic rings. The van der Waals surface area contributed by atoms with Crippen LogP contribution in [0.25, 0.3) is 20.8 Å². The van der Waals surface area contributed by atoms with Crippen molar-refractivity contribution in [2.24, 2.45) is 0 Å². The highest BCUT2D eigenvalue weighted by molar-refractivity contribution is 7.96. The van der Waals surface area contributed by atoms with Crippen molar-refractivity contribution in [3.8, 4) is 10.6 Å². The molecule has 0 fully saturated rings. The second kappa shape index (κ2) is 8.08. The maximum atomic E-state index is 4.81. The summed E-state index contributed by atoms with van der Waals surface area (Å²) in [7, 11) is 0. The van der Waals surface area contributed by atoms with Gasteiger partial charge >= 0.3 is 0 Å². The maximum absolute atomic E-state index is 4.81. The molecule has 4 aromatic rings. The molecule has 0 amide bonds. The molecule has 0 spiro atoms. The average Bonchev–Trinajstić information content (AvgIpc) is 3.06. The molecule has 0 radical (unpaired) electrons. The number of hydrogen-bond donors (Lipinski definition) is 0. The van der Waals surface area contributed by atoms with Gasteiger partial charge < -0.3 is 0 Å². The van der Waals surface area contributed by atoms with Crippen molar-refractivity contribution in [3.63, 3.8) is 0 Å². The molecule has 2 nitrogen and oxygen atoms in total. The van der Waals surface area contributed by atoms with E-state index in [9.17, 15) is 0 Å². The summed E-state index contributed by atoms with van der Waals surface area (Å²) in [5.41, 5.74) is 6.71. The summed E-state index contributed by atoms with van der Waals surface area (Å²) in [5.74, 6) is 1.02. The lowest BCUT2D eigenvalue weighted by atomic mass is 10.0. The second-order valence-corrected chi connectivity index (χ2v) is 9.25. The van der Waals surface area contributed by atoms with E-state index in [0.717, 1.165) is 42.2 Å². The van der Waals surface area contributed by atoms with Crippen LogP contribution in [0.4, 0.5) is 0 Å². The van der Waals surface area contributed by atoms with Gasteiger partial charge in [-0.2, -0.15) is 0 Å². The van der Waals surface area contributed by atoms with E-state index in [1.165, 1.54) is 27.0 Å². The van der Waals surface area contributed by atoms with Crippen LogP contribution in [-0.4, -0.2) is 22.4 Å². The molecule has 1 aliphatic heterocycles. The Labute approximate surface area is 174 Å². The molecule has 28 heavy (non-hydrogen) atoms. The fourth-order valence-corrected chi connectivity index (χ4v) is 5.69. The highest BCUT2D eigenvalue weighted by Crippen LogP contribution is 2.32. The zero-order valence-corrected chi connectivity index (χ0v) is 17.3. The zero-order valence-electron chi connectivity index (χ0n) is 15.7. The first kappa shape index (κ1) is 17.9. The summed E-state index contributed by atoms with van der Waals surface area (Å²) in [4.78, 5) is 4.81. The third-order valence-electron chi connectivity index (χ3n) is 5.27. The van der Waals surface area contributed by atoms with Crippen molar-refractivity contribution < 1.29 is 0 Å². The molecule has 4 heteroatoms. The molecule has 0 N–H and O–H groups in total. The number of rotatable bonds is 4. The molecule has 0 aliphatic carbocycles. The van der Waals surface area contributed by atoms with Crippen LogP contribution in [0.1, 0.15) is 16.7 Å². The van der Waals surface area contributed by atoms with Crippen LogP contribution in [0.5, 0.6) is 0 Å². The lowest BCUT2D eigenvalue weighted by Crippen LogP contribution is -2.18. The Morgan fingerprint density at radius 1 is 0.857 bits per heavy atom. The van der Waals surface area contributed by atoms with E-state index in [1.807, 2.05) is 18.0 Å². The smallest absolute Gasteiger partial charge is 0.124 e. The standard InChI is InChI=1S/C24H22N2S2/c1-2-8-21(9-3-1)24-25-22-11-10-18(16-23(22)28-24)17-27-26-14-12-19-6-4-5-7-20(19)13-15-26/h1-11,16H,12-15,17H2. The minimum Gasteiger partial charge on any atom is -0.250 e. The fraction of sp³-hybridized carbons (Fsp3) is 0.208.